The number of nitrogens with zero attached hydrogens (tertiary/aromatic N) is 4. The summed E-state index contributed by atoms with van der Waals surface area (Å²) >= 11 is 0. The Balaban J connectivity index is 1.19. The van der Waals surface area contributed by atoms with Gasteiger partial charge in [-0.1, -0.05) is 146 Å². The molecule has 0 radical (unpaired) electrons. The highest BCUT2D eigenvalue weighted by Crippen LogP contribution is 2.39. The van der Waals surface area contributed by atoms with E-state index in [1.807, 2.05) is 18.2 Å². The van der Waals surface area contributed by atoms with Gasteiger partial charge in [-0.25, -0.2) is 15.0 Å². The molecule has 0 aliphatic rings. The lowest BCUT2D eigenvalue weighted by Crippen LogP contribution is -2.01. The molecule has 4 nitrogen and oxygen atoms in total. The molecule has 2 heterocycles. The Morgan fingerprint density at radius 1 is 0.314 bits per heavy atom. The number of rotatable bonds is 5. The van der Waals surface area contributed by atoms with Crippen LogP contribution < -0.4 is 0 Å². The molecular formula is C47H30N4. The Labute approximate surface area is 295 Å². The largest absolute Gasteiger partial charge is 0.309 e. The molecule has 10 rings (SSSR count). The van der Waals surface area contributed by atoms with Crippen LogP contribution in [0.4, 0.5) is 0 Å². The van der Waals surface area contributed by atoms with Gasteiger partial charge >= 0.3 is 0 Å². The van der Waals surface area contributed by atoms with E-state index in [-0.39, 0.29) is 0 Å². The summed E-state index contributed by atoms with van der Waals surface area (Å²) in [6.45, 7) is 0. The topological polar surface area (TPSA) is 43.6 Å². The minimum atomic E-state index is 0.643. The van der Waals surface area contributed by atoms with Crippen molar-refractivity contribution in [3.63, 3.8) is 0 Å². The molecule has 4 heteroatoms. The Kier molecular flexibility index (Phi) is 6.78. The minimum absolute atomic E-state index is 0.643. The van der Waals surface area contributed by atoms with Gasteiger partial charge in [0.05, 0.1) is 16.7 Å². The highest BCUT2D eigenvalue weighted by molar-refractivity contribution is 6.12. The van der Waals surface area contributed by atoms with E-state index in [9.17, 15) is 0 Å². The van der Waals surface area contributed by atoms with Crippen LogP contribution in [0.25, 0.3) is 94.3 Å². The van der Waals surface area contributed by atoms with Gasteiger partial charge in [0, 0.05) is 32.8 Å². The first kappa shape index (κ1) is 29.0. The van der Waals surface area contributed by atoms with Gasteiger partial charge in [0.1, 0.15) is 0 Å². The molecule has 0 aliphatic carbocycles. The molecule has 0 unspecified atom stereocenters. The van der Waals surface area contributed by atoms with Gasteiger partial charge in [-0.3, -0.25) is 0 Å². The van der Waals surface area contributed by atoms with Crippen molar-refractivity contribution < 1.29 is 0 Å². The molecule has 0 N–H and O–H groups in total. The summed E-state index contributed by atoms with van der Waals surface area (Å²) in [5.41, 5.74) is 8.72. The minimum Gasteiger partial charge on any atom is -0.309 e. The zero-order chi connectivity index (χ0) is 33.7. The van der Waals surface area contributed by atoms with Crippen molar-refractivity contribution in [2.75, 3.05) is 0 Å². The molecule has 0 spiro atoms. The van der Waals surface area contributed by atoms with Crippen LogP contribution in [-0.2, 0) is 0 Å². The van der Waals surface area contributed by atoms with Crippen molar-refractivity contribution in [3.8, 4) is 51.0 Å². The van der Waals surface area contributed by atoms with E-state index >= 15 is 0 Å². The molecule has 238 valence electrons. The predicted molar refractivity (Wildman–Crippen MR) is 211 cm³/mol. The monoisotopic (exact) mass is 650 g/mol. The third-order valence-corrected chi connectivity index (χ3v) is 9.84. The fourth-order valence-electron chi connectivity index (χ4n) is 7.39. The molecule has 0 fully saturated rings. The molecular weight excluding hydrogens is 621 g/mol. The van der Waals surface area contributed by atoms with Crippen molar-refractivity contribution in [1.29, 1.82) is 0 Å². The number of benzene rings is 8. The zero-order valence-corrected chi connectivity index (χ0v) is 27.6. The maximum absolute atomic E-state index is 5.16. The smallest absolute Gasteiger partial charge is 0.164 e. The van der Waals surface area contributed by atoms with E-state index in [1.165, 1.54) is 38.3 Å². The maximum atomic E-state index is 5.16. The van der Waals surface area contributed by atoms with Gasteiger partial charge in [-0.05, 0) is 63.7 Å². The fourth-order valence-corrected chi connectivity index (χ4v) is 7.39. The van der Waals surface area contributed by atoms with Gasteiger partial charge in [0.15, 0.2) is 17.5 Å². The van der Waals surface area contributed by atoms with Crippen LogP contribution in [0.5, 0.6) is 0 Å². The summed E-state index contributed by atoms with van der Waals surface area (Å²) < 4.78 is 2.40. The molecule has 0 aliphatic heterocycles. The normalized spacial score (nSPS) is 11.5. The summed E-state index contributed by atoms with van der Waals surface area (Å²) in [6, 6.07) is 64.0. The van der Waals surface area contributed by atoms with E-state index < -0.39 is 0 Å². The standard InChI is InChI=1S/C47H30N4/c1-3-13-31(14-4-1)35-25-27-44-41(30-35)39-21-11-12-22-42(39)51(44)43-28-26-40(37-19-9-10-20-38(37)43)47-49-45(33-16-5-2-6-17-33)48-46(50-47)36-24-23-32-15-7-8-18-34(32)29-36/h1-30H. The quantitative estimate of drug-likeness (QED) is 0.186. The SMILES string of the molecule is c1ccc(-c2ccc3c(c2)c2ccccc2n3-c2ccc(-c3nc(-c4ccccc4)nc(-c4ccc5ccccc5c4)n3)c3ccccc23)cc1. The van der Waals surface area contributed by atoms with Crippen LogP contribution >= 0.6 is 0 Å². The molecule has 10 aromatic rings. The number of fused-ring (bicyclic) bond motifs is 5. The summed E-state index contributed by atoms with van der Waals surface area (Å²) in [6.07, 6.45) is 0. The number of para-hydroxylation sites is 1. The van der Waals surface area contributed by atoms with Gasteiger partial charge in [0.25, 0.3) is 0 Å². The second kappa shape index (κ2) is 11.9. The van der Waals surface area contributed by atoms with Crippen LogP contribution in [0.3, 0.4) is 0 Å². The van der Waals surface area contributed by atoms with Crippen molar-refractivity contribution in [3.05, 3.63) is 182 Å². The van der Waals surface area contributed by atoms with Crippen molar-refractivity contribution in [2.24, 2.45) is 0 Å². The van der Waals surface area contributed by atoms with E-state index in [1.54, 1.807) is 0 Å². The highest BCUT2D eigenvalue weighted by atomic mass is 15.0. The van der Waals surface area contributed by atoms with Crippen LogP contribution in [0.15, 0.2) is 182 Å². The Morgan fingerprint density at radius 2 is 0.902 bits per heavy atom. The number of aromatic nitrogens is 4. The first-order valence-electron chi connectivity index (χ1n) is 17.2. The maximum Gasteiger partial charge on any atom is 0.164 e. The average Bonchev–Trinajstić information content (AvgIpc) is 3.54. The predicted octanol–water partition coefficient (Wildman–Crippen LogP) is 11.9. The van der Waals surface area contributed by atoms with E-state index in [0.717, 1.165) is 38.5 Å². The molecule has 0 saturated heterocycles. The molecule has 8 aromatic carbocycles. The number of hydrogen-bond donors (Lipinski definition) is 0. The molecule has 0 bridgehead atoms. The van der Waals surface area contributed by atoms with Gasteiger partial charge in [-0.15, -0.1) is 0 Å². The van der Waals surface area contributed by atoms with Crippen LogP contribution in [-0.4, -0.2) is 19.5 Å². The Bertz CT molecular complexity index is 2910. The lowest BCUT2D eigenvalue weighted by atomic mass is 10.0. The molecule has 0 amide bonds. The van der Waals surface area contributed by atoms with Crippen LogP contribution in [0.2, 0.25) is 0 Å². The fraction of sp³-hybridized carbons (Fsp3) is 0. The summed E-state index contributed by atoms with van der Waals surface area (Å²) in [4.78, 5) is 15.3. The van der Waals surface area contributed by atoms with E-state index in [0.29, 0.717) is 17.5 Å². The zero-order valence-electron chi connectivity index (χ0n) is 27.6. The first-order valence-corrected chi connectivity index (χ1v) is 17.2. The summed E-state index contributed by atoms with van der Waals surface area (Å²) in [7, 11) is 0. The average molecular weight is 651 g/mol. The molecule has 0 saturated carbocycles. The van der Waals surface area contributed by atoms with Crippen molar-refractivity contribution >= 4 is 43.4 Å². The van der Waals surface area contributed by atoms with Gasteiger partial charge in [-0.2, -0.15) is 0 Å². The van der Waals surface area contributed by atoms with Gasteiger partial charge in [0.2, 0.25) is 0 Å². The van der Waals surface area contributed by atoms with Crippen LogP contribution in [0.1, 0.15) is 0 Å². The van der Waals surface area contributed by atoms with Gasteiger partial charge < -0.3 is 4.57 Å². The lowest BCUT2D eigenvalue weighted by Gasteiger charge is -2.15. The van der Waals surface area contributed by atoms with E-state index in [2.05, 4.69) is 168 Å². The molecule has 51 heavy (non-hydrogen) atoms. The Morgan fingerprint density at radius 3 is 1.71 bits per heavy atom. The van der Waals surface area contributed by atoms with Crippen molar-refractivity contribution in [1.82, 2.24) is 19.5 Å². The summed E-state index contributed by atoms with van der Waals surface area (Å²) in [5, 5.41) is 6.99. The van der Waals surface area contributed by atoms with Crippen molar-refractivity contribution in [2.45, 2.75) is 0 Å². The first-order chi connectivity index (χ1) is 25.3. The third kappa shape index (κ3) is 4.96. The van der Waals surface area contributed by atoms with E-state index in [4.69, 9.17) is 15.0 Å². The molecule has 2 aromatic heterocycles. The third-order valence-electron chi connectivity index (χ3n) is 9.84. The number of hydrogen-bond acceptors (Lipinski definition) is 3. The lowest BCUT2D eigenvalue weighted by molar-refractivity contribution is 1.08. The van der Waals surface area contributed by atoms with Crippen LogP contribution in [0, 0.1) is 0 Å². The highest BCUT2D eigenvalue weighted by Gasteiger charge is 2.19. The second-order valence-corrected chi connectivity index (χ2v) is 12.9. The Hall–Kier alpha value is -6.91. The second-order valence-electron chi connectivity index (χ2n) is 12.9. The summed E-state index contributed by atoms with van der Waals surface area (Å²) in [5.74, 6) is 1.94. The molecule has 0 atom stereocenters.